The van der Waals surface area contributed by atoms with E-state index in [0.29, 0.717) is 10.6 Å². The van der Waals surface area contributed by atoms with E-state index in [-0.39, 0.29) is 5.97 Å². The summed E-state index contributed by atoms with van der Waals surface area (Å²) in [5.41, 5.74) is 1.64. The molecule has 2 rings (SSSR count). The zero-order valence-electron chi connectivity index (χ0n) is 9.06. The van der Waals surface area contributed by atoms with E-state index >= 15 is 0 Å². The summed E-state index contributed by atoms with van der Waals surface area (Å²) in [5.74, 6) is -0.329. The molecule has 0 unspecified atom stereocenters. The summed E-state index contributed by atoms with van der Waals surface area (Å²) in [7, 11) is 1.38. The van der Waals surface area contributed by atoms with Crippen LogP contribution in [0.3, 0.4) is 0 Å². The molecule has 0 aliphatic rings. The van der Waals surface area contributed by atoms with E-state index in [9.17, 15) is 4.79 Å². The maximum absolute atomic E-state index is 11.6. The van der Waals surface area contributed by atoms with Gasteiger partial charge < -0.3 is 4.74 Å². The summed E-state index contributed by atoms with van der Waals surface area (Å²) in [6.45, 7) is 1.88. The SMILES string of the molecule is COC(=O)c1sc(C)nc1-c1ccccc1. The lowest BCUT2D eigenvalue weighted by Crippen LogP contribution is -2.00. The Morgan fingerprint density at radius 3 is 2.62 bits per heavy atom. The molecule has 4 heteroatoms. The summed E-state index contributed by atoms with van der Waals surface area (Å²) in [6, 6.07) is 9.64. The van der Waals surface area contributed by atoms with Gasteiger partial charge in [-0.1, -0.05) is 30.3 Å². The number of rotatable bonds is 2. The smallest absolute Gasteiger partial charge is 0.350 e. The van der Waals surface area contributed by atoms with Gasteiger partial charge >= 0.3 is 5.97 Å². The highest BCUT2D eigenvalue weighted by Crippen LogP contribution is 2.28. The lowest BCUT2D eigenvalue weighted by atomic mass is 10.1. The highest BCUT2D eigenvalue weighted by Gasteiger charge is 2.18. The Morgan fingerprint density at radius 2 is 2.00 bits per heavy atom. The summed E-state index contributed by atoms with van der Waals surface area (Å²) in [4.78, 5) is 16.5. The van der Waals surface area contributed by atoms with Crippen molar-refractivity contribution in [1.29, 1.82) is 0 Å². The molecule has 0 spiro atoms. The second kappa shape index (κ2) is 4.45. The fraction of sp³-hybridized carbons (Fsp3) is 0.167. The third-order valence-corrected chi connectivity index (χ3v) is 3.10. The molecule has 0 saturated carbocycles. The van der Waals surface area contributed by atoms with Crippen molar-refractivity contribution in [3.63, 3.8) is 0 Å². The van der Waals surface area contributed by atoms with Gasteiger partial charge in [-0.15, -0.1) is 11.3 Å². The number of hydrogen-bond acceptors (Lipinski definition) is 4. The molecule has 0 fully saturated rings. The standard InChI is InChI=1S/C12H11NO2S/c1-8-13-10(9-6-4-3-5-7-9)11(16-8)12(14)15-2/h3-7H,1-2H3. The number of hydrogen-bond donors (Lipinski definition) is 0. The van der Waals surface area contributed by atoms with Crippen LogP contribution >= 0.6 is 11.3 Å². The first kappa shape index (κ1) is 10.8. The lowest BCUT2D eigenvalue weighted by Gasteiger charge is -1.99. The van der Waals surface area contributed by atoms with E-state index in [1.165, 1.54) is 18.4 Å². The molecule has 0 bridgehead atoms. The van der Waals surface area contributed by atoms with Crippen molar-refractivity contribution in [3.05, 3.63) is 40.2 Å². The van der Waals surface area contributed by atoms with E-state index in [1.54, 1.807) is 0 Å². The van der Waals surface area contributed by atoms with Gasteiger partial charge in [0.1, 0.15) is 4.88 Å². The molecule has 0 radical (unpaired) electrons. The van der Waals surface area contributed by atoms with Crippen LogP contribution in [0, 0.1) is 6.92 Å². The fourth-order valence-corrected chi connectivity index (χ4v) is 2.31. The van der Waals surface area contributed by atoms with Crippen LogP contribution in [0.5, 0.6) is 0 Å². The van der Waals surface area contributed by atoms with Gasteiger partial charge in [-0.2, -0.15) is 0 Å². The number of thiazole rings is 1. The molecule has 3 nitrogen and oxygen atoms in total. The molecule has 2 aromatic rings. The van der Waals surface area contributed by atoms with Crippen molar-refractivity contribution >= 4 is 17.3 Å². The molecule has 1 aromatic heterocycles. The topological polar surface area (TPSA) is 39.2 Å². The minimum Gasteiger partial charge on any atom is -0.465 e. The average molecular weight is 233 g/mol. The predicted octanol–water partition coefficient (Wildman–Crippen LogP) is 2.91. The molecule has 1 aromatic carbocycles. The van der Waals surface area contributed by atoms with Gasteiger partial charge in [0.05, 0.1) is 17.8 Å². The largest absolute Gasteiger partial charge is 0.465 e. The highest BCUT2D eigenvalue weighted by molar-refractivity contribution is 7.14. The number of ether oxygens (including phenoxy) is 1. The summed E-state index contributed by atoms with van der Waals surface area (Å²) in [6.07, 6.45) is 0. The number of carbonyl (C=O) groups is 1. The van der Waals surface area contributed by atoms with Crippen LogP contribution < -0.4 is 0 Å². The van der Waals surface area contributed by atoms with Gasteiger partial charge in [-0.3, -0.25) is 0 Å². The summed E-state index contributed by atoms with van der Waals surface area (Å²) >= 11 is 1.36. The van der Waals surface area contributed by atoms with Gasteiger partial charge in [0.25, 0.3) is 0 Å². The van der Waals surface area contributed by atoms with Crippen LogP contribution in [0.1, 0.15) is 14.7 Å². The maximum atomic E-state index is 11.6. The third-order valence-electron chi connectivity index (χ3n) is 2.15. The number of methoxy groups -OCH3 is 1. The zero-order chi connectivity index (χ0) is 11.5. The fourth-order valence-electron chi connectivity index (χ4n) is 1.45. The van der Waals surface area contributed by atoms with Gasteiger partial charge in [-0.25, -0.2) is 9.78 Å². The van der Waals surface area contributed by atoms with Crippen molar-refractivity contribution in [1.82, 2.24) is 4.98 Å². The molecule has 0 N–H and O–H groups in total. The maximum Gasteiger partial charge on any atom is 0.350 e. The Morgan fingerprint density at radius 1 is 1.31 bits per heavy atom. The minimum absolute atomic E-state index is 0.329. The van der Waals surface area contributed by atoms with Gasteiger partial charge in [0.2, 0.25) is 0 Å². The van der Waals surface area contributed by atoms with E-state index in [2.05, 4.69) is 4.98 Å². The first-order chi connectivity index (χ1) is 7.72. The highest BCUT2D eigenvalue weighted by atomic mass is 32.1. The van der Waals surface area contributed by atoms with Crippen LogP contribution in [0.4, 0.5) is 0 Å². The third kappa shape index (κ3) is 1.97. The molecule has 1 heterocycles. The van der Waals surface area contributed by atoms with E-state index in [1.807, 2.05) is 37.3 Å². The van der Waals surface area contributed by atoms with Crippen LogP contribution in [0.25, 0.3) is 11.3 Å². The van der Waals surface area contributed by atoms with Crippen LogP contribution in [-0.2, 0) is 4.74 Å². The zero-order valence-corrected chi connectivity index (χ0v) is 9.88. The second-order valence-electron chi connectivity index (χ2n) is 3.27. The average Bonchev–Trinajstić information content (AvgIpc) is 2.71. The van der Waals surface area contributed by atoms with Crippen molar-refractivity contribution in [2.75, 3.05) is 7.11 Å². The quantitative estimate of drug-likeness (QED) is 0.749. The molecule has 0 saturated heterocycles. The number of nitrogens with zero attached hydrogens (tertiary/aromatic N) is 1. The van der Waals surface area contributed by atoms with Crippen LogP contribution in [0.2, 0.25) is 0 Å². The number of aryl methyl sites for hydroxylation is 1. The Kier molecular flexibility index (Phi) is 3.01. The van der Waals surface area contributed by atoms with Crippen LogP contribution in [0.15, 0.2) is 30.3 Å². The monoisotopic (exact) mass is 233 g/mol. The molecule has 82 valence electrons. The van der Waals surface area contributed by atoms with Crippen LogP contribution in [-0.4, -0.2) is 18.1 Å². The molecular weight excluding hydrogens is 222 g/mol. The normalized spacial score (nSPS) is 10.1. The number of benzene rings is 1. The van der Waals surface area contributed by atoms with Gasteiger partial charge in [0, 0.05) is 5.56 Å². The Labute approximate surface area is 97.7 Å². The van der Waals surface area contributed by atoms with Crippen molar-refractivity contribution in [3.8, 4) is 11.3 Å². The van der Waals surface area contributed by atoms with E-state index < -0.39 is 0 Å². The first-order valence-corrected chi connectivity index (χ1v) is 5.65. The molecule has 0 amide bonds. The lowest BCUT2D eigenvalue weighted by molar-refractivity contribution is 0.0607. The summed E-state index contributed by atoms with van der Waals surface area (Å²) < 4.78 is 4.74. The van der Waals surface area contributed by atoms with Gasteiger partial charge in [-0.05, 0) is 6.92 Å². The molecular formula is C12H11NO2S. The van der Waals surface area contributed by atoms with Crippen molar-refractivity contribution < 1.29 is 9.53 Å². The number of esters is 1. The van der Waals surface area contributed by atoms with Gasteiger partial charge in [0.15, 0.2) is 0 Å². The predicted molar refractivity (Wildman–Crippen MR) is 63.6 cm³/mol. The number of carbonyl (C=O) groups excluding carboxylic acids is 1. The molecule has 0 aliphatic heterocycles. The molecule has 0 atom stereocenters. The van der Waals surface area contributed by atoms with E-state index in [4.69, 9.17) is 4.74 Å². The Hall–Kier alpha value is -1.68. The summed E-state index contributed by atoms with van der Waals surface area (Å²) in [5, 5.41) is 0.860. The molecule has 16 heavy (non-hydrogen) atoms. The molecule has 0 aliphatic carbocycles. The Bertz CT molecular complexity index is 505. The number of aromatic nitrogens is 1. The van der Waals surface area contributed by atoms with Crippen molar-refractivity contribution in [2.45, 2.75) is 6.92 Å². The van der Waals surface area contributed by atoms with Crippen molar-refractivity contribution in [2.24, 2.45) is 0 Å². The first-order valence-electron chi connectivity index (χ1n) is 4.83. The Balaban J connectivity index is 2.53. The minimum atomic E-state index is -0.329. The van der Waals surface area contributed by atoms with E-state index in [0.717, 1.165) is 10.6 Å². The second-order valence-corrected chi connectivity index (χ2v) is 4.47.